The fraction of sp³-hybridized carbons (Fsp3) is 0.167. The van der Waals surface area contributed by atoms with Gasteiger partial charge in [0.1, 0.15) is 5.75 Å². The Bertz CT molecular complexity index is 1270. The number of hydrogen-bond acceptors (Lipinski definition) is 7. The first kappa shape index (κ1) is 22.2. The monoisotopic (exact) mass is 461 g/mol. The Morgan fingerprint density at radius 3 is 2.58 bits per heavy atom. The van der Waals surface area contributed by atoms with Crippen molar-refractivity contribution in [3.8, 4) is 28.6 Å². The highest BCUT2D eigenvalue weighted by Crippen LogP contribution is 2.25. The van der Waals surface area contributed by atoms with E-state index in [1.54, 1.807) is 0 Å². The predicted molar refractivity (Wildman–Crippen MR) is 126 cm³/mol. The Balaban J connectivity index is 1.62. The van der Waals surface area contributed by atoms with Gasteiger partial charge in [0.2, 0.25) is 10.7 Å². The fourth-order valence-electron chi connectivity index (χ4n) is 3.06. The summed E-state index contributed by atoms with van der Waals surface area (Å²) in [7, 11) is 0. The lowest BCUT2D eigenvalue weighted by Gasteiger charge is -2.11. The number of amides is 1. The summed E-state index contributed by atoms with van der Waals surface area (Å²) in [6.07, 6.45) is 4.47. The second-order valence-electron chi connectivity index (χ2n) is 7.01. The molecular formula is C24H23N5O3S. The molecule has 8 nitrogen and oxygen atoms in total. The van der Waals surface area contributed by atoms with Crippen molar-refractivity contribution in [2.45, 2.75) is 13.8 Å². The van der Waals surface area contributed by atoms with Gasteiger partial charge in [-0.15, -0.1) is 16.4 Å². The van der Waals surface area contributed by atoms with E-state index in [4.69, 9.17) is 9.47 Å². The van der Waals surface area contributed by atoms with Crippen LogP contribution in [0, 0.1) is 6.92 Å². The van der Waals surface area contributed by atoms with Gasteiger partial charge in [-0.3, -0.25) is 14.3 Å². The van der Waals surface area contributed by atoms with Crippen molar-refractivity contribution in [1.29, 1.82) is 0 Å². The topological polar surface area (TPSA) is 90.6 Å². The third kappa shape index (κ3) is 5.64. The molecule has 0 aliphatic rings. The summed E-state index contributed by atoms with van der Waals surface area (Å²) < 4.78 is 12.9. The van der Waals surface area contributed by atoms with E-state index < -0.39 is 5.91 Å². The van der Waals surface area contributed by atoms with E-state index in [2.05, 4.69) is 51.7 Å². The summed E-state index contributed by atoms with van der Waals surface area (Å²) in [6.45, 7) is 4.38. The number of ether oxygens (including phenoxy) is 2. The molecule has 0 bridgehead atoms. The summed E-state index contributed by atoms with van der Waals surface area (Å²) in [5.41, 5.74) is 6.66. The van der Waals surface area contributed by atoms with Crippen LogP contribution < -0.4 is 19.7 Å². The summed E-state index contributed by atoms with van der Waals surface area (Å²) >= 11 is 1.43. The van der Waals surface area contributed by atoms with E-state index in [0.717, 1.165) is 22.7 Å². The van der Waals surface area contributed by atoms with E-state index in [9.17, 15) is 4.79 Å². The second kappa shape index (κ2) is 10.6. The molecule has 0 fully saturated rings. The molecule has 9 heteroatoms. The first-order valence-electron chi connectivity index (χ1n) is 10.4. The molecule has 0 aliphatic carbocycles. The number of aromatic nitrogens is 3. The fourth-order valence-corrected chi connectivity index (χ4v) is 3.93. The maximum Gasteiger partial charge on any atom is 0.278 e. The molecule has 2 heterocycles. The number of rotatable bonds is 8. The van der Waals surface area contributed by atoms with Crippen molar-refractivity contribution in [3.63, 3.8) is 0 Å². The van der Waals surface area contributed by atoms with Gasteiger partial charge in [0, 0.05) is 23.5 Å². The largest absolute Gasteiger partial charge is 0.494 e. The number of hydrogen-bond donors (Lipinski definition) is 1. The van der Waals surface area contributed by atoms with Gasteiger partial charge in [0.25, 0.3) is 5.91 Å². The summed E-state index contributed by atoms with van der Waals surface area (Å²) in [6, 6.07) is 16.0. The molecule has 4 aromatic rings. The number of carbonyl (C=O) groups is 1. The predicted octanol–water partition coefficient (Wildman–Crippen LogP) is 3.71. The summed E-state index contributed by atoms with van der Waals surface area (Å²) in [4.78, 5) is 20.8. The summed E-state index contributed by atoms with van der Waals surface area (Å²) in [5.74, 6) is 0.668. The molecule has 168 valence electrons. The average molecular weight is 462 g/mol. The second-order valence-corrected chi connectivity index (χ2v) is 7.85. The molecule has 33 heavy (non-hydrogen) atoms. The van der Waals surface area contributed by atoms with Crippen molar-refractivity contribution in [3.05, 3.63) is 82.9 Å². The molecule has 4 rings (SSSR count). The van der Waals surface area contributed by atoms with Gasteiger partial charge in [-0.1, -0.05) is 29.8 Å². The van der Waals surface area contributed by atoms with Gasteiger partial charge in [-0.25, -0.2) is 10.4 Å². The van der Waals surface area contributed by atoms with Gasteiger partial charge in [-0.05, 0) is 43.7 Å². The van der Waals surface area contributed by atoms with E-state index in [1.807, 2.05) is 41.1 Å². The van der Waals surface area contributed by atoms with Gasteiger partial charge < -0.3 is 9.47 Å². The molecule has 0 saturated heterocycles. The number of nitrogens with one attached hydrogen (secondary N) is 1. The minimum Gasteiger partial charge on any atom is -0.494 e. The maximum absolute atomic E-state index is 12.3. The number of aryl methyl sites for hydroxylation is 1. The highest BCUT2D eigenvalue weighted by atomic mass is 32.1. The quantitative estimate of drug-likeness (QED) is 0.404. The van der Waals surface area contributed by atoms with Crippen molar-refractivity contribution < 1.29 is 14.3 Å². The molecule has 1 amide bonds. The van der Waals surface area contributed by atoms with Crippen LogP contribution in [0.2, 0.25) is 0 Å². The van der Waals surface area contributed by atoms with Crippen LogP contribution in [0.1, 0.15) is 12.5 Å². The van der Waals surface area contributed by atoms with Crippen LogP contribution in [0.3, 0.4) is 0 Å². The molecule has 0 saturated carbocycles. The Morgan fingerprint density at radius 2 is 1.88 bits per heavy atom. The van der Waals surface area contributed by atoms with Crippen LogP contribution >= 0.6 is 11.3 Å². The minimum absolute atomic E-state index is 0.221. The average Bonchev–Trinajstić information content (AvgIpc) is 3.27. The Hall–Kier alpha value is -3.98. The third-order valence-corrected chi connectivity index (χ3v) is 5.45. The first-order valence-corrected chi connectivity index (χ1v) is 11.2. The van der Waals surface area contributed by atoms with Crippen molar-refractivity contribution in [1.82, 2.24) is 20.0 Å². The first-order chi connectivity index (χ1) is 16.1. The van der Waals surface area contributed by atoms with Crippen molar-refractivity contribution in [2.75, 3.05) is 13.2 Å². The zero-order valence-corrected chi connectivity index (χ0v) is 19.1. The number of nitrogens with zero attached hydrogens (tertiary/aromatic N) is 4. The number of carbonyl (C=O) groups excluding carboxylic acids is 1. The Morgan fingerprint density at radius 1 is 1.09 bits per heavy atom. The lowest BCUT2D eigenvalue weighted by atomic mass is 10.1. The molecule has 0 spiro atoms. The van der Waals surface area contributed by atoms with Gasteiger partial charge in [0.05, 0.1) is 18.5 Å². The SMILES string of the molecule is CCOc1ccc(-n2c(-c3ccc(C)cc3)cs/c2=N\NC(=O)COc2cnccn2)cc1. The van der Waals surface area contributed by atoms with Gasteiger partial charge in [-0.2, -0.15) is 0 Å². The van der Waals surface area contributed by atoms with Crippen LogP contribution in [0.4, 0.5) is 0 Å². The van der Waals surface area contributed by atoms with E-state index >= 15 is 0 Å². The zero-order chi connectivity index (χ0) is 23.0. The maximum atomic E-state index is 12.3. The van der Waals surface area contributed by atoms with Crippen LogP contribution in [-0.4, -0.2) is 33.7 Å². The Labute approximate surface area is 195 Å². The van der Waals surface area contributed by atoms with E-state index in [0.29, 0.717) is 11.4 Å². The smallest absolute Gasteiger partial charge is 0.278 e. The Kier molecular flexibility index (Phi) is 7.11. The molecule has 1 N–H and O–H groups in total. The van der Waals surface area contributed by atoms with Crippen LogP contribution in [0.25, 0.3) is 16.9 Å². The van der Waals surface area contributed by atoms with Gasteiger partial charge >= 0.3 is 0 Å². The minimum atomic E-state index is -0.399. The van der Waals surface area contributed by atoms with Crippen molar-refractivity contribution in [2.24, 2.45) is 5.10 Å². The molecule has 0 unspecified atom stereocenters. The number of thiazole rings is 1. The zero-order valence-electron chi connectivity index (χ0n) is 18.3. The molecule has 2 aromatic carbocycles. The standard InChI is InChI=1S/C24H23N5O3S/c1-3-31-20-10-8-19(9-11-20)29-21(18-6-4-17(2)5-7-18)16-33-24(29)28-27-22(30)15-32-23-14-25-12-13-26-23/h4-14,16H,3,15H2,1-2H3,(H,27,30)/b28-24-. The van der Waals surface area contributed by atoms with Gasteiger partial charge in [0.15, 0.2) is 6.61 Å². The highest BCUT2D eigenvalue weighted by molar-refractivity contribution is 7.07. The summed E-state index contributed by atoms with van der Waals surface area (Å²) in [5, 5.41) is 6.37. The lowest BCUT2D eigenvalue weighted by Crippen LogP contribution is -2.28. The molecule has 0 aliphatic heterocycles. The molecular weight excluding hydrogens is 438 g/mol. The molecule has 0 atom stereocenters. The number of benzene rings is 2. The normalized spacial score (nSPS) is 11.3. The van der Waals surface area contributed by atoms with Crippen LogP contribution in [0.15, 0.2) is 77.6 Å². The molecule has 2 aromatic heterocycles. The van der Waals surface area contributed by atoms with Crippen LogP contribution in [-0.2, 0) is 4.79 Å². The van der Waals surface area contributed by atoms with Crippen molar-refractivity contribution >= 4 is 17.2 Å². The van der Waals surface area contributed by atoms with E-state index in [-0.39, 0.29) is 12.5 Å². The lowest BCUT2D eigenvalue weighted by molar-refractivity contribution is -0.123. The highest BCUT2D eigenvalue weighted by Gasteiger charge is 2.11. The van der Waals surface area contributed by atoms with E-state index in [1.165, 1.54) is 35.5 Å². The third-order valence-electron chi connectivity index (χ3n) is 4.63. The van der Waals surface area contributed by atoms with Crippen LogP contribution in [0.5, 0.6) is 11.6 Å². The molecule has 0 radical (unpaired) electrons.